The number of likely N-dealkylation sites (tertiary alicyclic amines) is 1. The maximum absolute atomic E-state index is 3.41. The van der Waals surface area contributed by atoms with Gasteiger partial charge in [0.2, 0.25) is 0 Å². The maximum atomic E-state index is 3.41. The van der Waals surface area contributed by atoms with E-state index in [1.54, 1.807) is 0 Å². The highest BCUT2D eigenvalue weighted by atomic mass is 15.2. The number of piperidine rings is 1. The van der Waals surface area contributed by atoms with Gasteiger partial charge in [-0.15, -0.1) is 0 Å². The van der Waals surface area contributed by atoms with Crippen LogP contribution < -0.4 is 5.32 Å². The first-order chi connectivity index (χ1) is 9.24. The zero-order valence-corrected chi connectivity index (χ0v) is 12.9. The third kappa shape index (κ3) is 5.78. The molecule has 2 rings (SSSR count). The SMILES string of the molecule is CN1CCC(CCN(C)CCN2CCNCC2)CC1. The van der Waals surface area contributed by atoms with Gasteiger partial charge in [0.05, 0.1) is 0 Å². The molecule has 0 unspecified atom stereocenters. The predicted molar refractivity (Wildman–Crippen MR) is 81.6 cm³/mol. The fourth-order valence-electron chi connectivity index (χ4n) is 3.11. The molecule has 2 aliphatic heterocycles. The Morgan fingerprint density at radius 3 is 2.42 bits per heavy atom. The maximum Gasteiger partial charge on any atom is 0.0110 e. The van der Waals surface area contributed by atoms with E-state index in [4.69, 9.17) is 0 Å². The van der Waals surface area contributed by atoms with Gasteiger partial charge in [-0.3, -0.25) is 4.90 Å². The average molecular weight is 268 g/mol. The summed E-state index contributed by atoms with van der Waals surface area (Å²) in [7, 11) is 4.53. The van der Waals surface area contributed by atoms with Crippen LogP contribution in [0.15, 0.2) is 0 Å². The second kappa shape index (κ2) is 8.20. The van der Waals surface area contributed by atoms with Crippen molar-refractivity contribution in [2.24, 2.45) is 5.92 Å². The molecule has 0 aromatic carbocycles. The van der Waals surface area contributed by atoms with Crippen LogP contribution in [0.25, 0.3) is 0 Å². The minimum atomic E-state index is 0.970. The molecule has 2 saturated heterocycles. The van der Waals surface area contributed by atoms with Gasteiger partial charge in [-0.05, 0) is 58.9 Å². The molecule has 4 heteroatoms. The highest BCUT2D eigenvalue weighted by Crippen LogP contribution is 2.19. The molecule has 0 amide bonds. The minimum Gasteiger partial charge on any atom is -0.314 e. The number of nitrogens with one attached hydrogen (secondary N) is 1. The van der Waals surface area contributed by atoms with E-state index in [0.717, 1.165) is 5.92 Å². The molecule has 0 atom stereocenters. The van der Waals surface area contributed by atoms with E-state index in [1.165, 1.54) is 78.2 Å². The monoisotopic (exact) mass is 268 g/mol. The van der Waals surface area contributed by atoms with Crippen molar-refractivity contribution in [3.63, 3.8) is 0 Å². The van der Waals surface area contributed by atoms with Crippen LogP contribution in [-0.2, 0) is 0 Å². The standard InChI is InChI=1S/C15H32N4/c1-17-8-3-15(4-9-17)5-10-18(2)13-14-19-11-6-16-7-12-19/h15-16H,3-14H2,1-2H3. The Balaban J connectivity index is 1.52. The summed E-state index contributed by atoms with van der Waals surface area (Å²) in [6.45, 7) is 11.1. The van der Waals surface area contributed by atoms with Crippen LogP contribution in [-0.4, -0.2) is 87.7 Å². The van der Waals surface area contributed by atoms with Gasteiger partial charge in [0.25, 0.3) is 0 Å². The fourth-order valence-corrected chi connectivity index (χ4v) is 3.11. The van der Waals surface area contributed by atoms with Gasteiger partial charge < -0.3 is 15.1 Å². The summed E-state index contributed by atoms with van der Waals surface area (Å²) in [6.07, 6.45) is 4.20. The van der Waals surface area contributed by atoms with Crippen LogP contribution in [0, 0.1) is 5.92 Å². The molecular weight excluding hydrogens is 236 g/mol. The quantitative estimate of drug-likeness (QED) is 0.760. The Labute approximate surface area is 119 Å². The third-order valence-corrected chi connectivity index (χ3v) is 4.76. The molecule has 0 aliphatic carbocycles. The fraction of sp³-hybridized carbons (Fsp3) is 1.00. The van der Waals surface area contributed by atoms with Gasteiger partial charge in [0, 0.05) is 39.3 Å². The summed E-state index contributed by atoms with van der Waals surface area (Å²) < 4.78 is 0. The molecule has 1 N–H and O–H groups in total. The van der Waals surface area contributed by atoms with E-state index in [2.05, 4.69) is 34.1 Å². The Morgan fingerprint density at radius 1 is 1.05 bits per heavy atom. The van der Waals surface area contributed by atoms with Gasteiger partial charge >= 0.3 is 0 Å². The molecule has 112 valence electrons. The van der Waals surface area contributed by atoms with Crippen molar-refractivity contribution in [1.82, 2.24) is 20.0 Å². The Kier molecular flexibility index (Phi) is 6.57. The van der Waals surface area contributed by atoms with E-state index >= 15 is 0 Å². The first-order valence-corrected chi connectivity index (χ1v) is 8.04. The second-order valence-corrected chi connectivity index (χ2v) is 6.43. The van der Waals surface area contributed by atoms with Crippen molar-refractivity contribution >= 4 is 0 Å². The third-order valence-electron chi connectivity index (χ3n) is 4.76. The summed E-state index contributed by atoms with van der Waals surface area (Å²) >= 11 is 0. The number of piperazine rings is 1. The van der Waals surface area contributed by atoms with Crippen molar-refractivity contribution in [3.05, 3.63) is 0 Å². The van der Waals surface area contributed by atoms with Crippen molar-refractivity contribution < 1.29 is 0 Å². The van der Waals surface area contributed by atoms with Crippen LogP contribution in [0.4, 0.5) is 0 Å². The molecular formula is C15H32N4. The van der Waals surface area contributed by atoms with Crippen LogP contribution in [0.3, 0.4) is 0 Å². The molecule has 0 aromatic heterocycles. The molecule has 0 saturated carbocycles. The Bertz CT molecular complexity index is 232. The topological polar surface area (TPSA) is 21.8 Å². The Morgan fingerprint density at radius 2 is 1.74 bits per heavy atom. The van der Waals surface area contributed by atoms with Crippen molar-refractivity contribution in [2.75, 3.05) is 73.0 Å². The van der Waals surface area contributed by atoms with E-state index in [-0.39, 0.29) is 0 Å². The number of rotatable bonds is 6. The number of likely N-dealkylation sites (N-methyl/N-ethyl adjacent to an activating group) is 1. The molecule has 0 bridgehead atoms. The summed E-state index contributed by atoms with van der Waals surface area (Å²) in [6, 6.07) is 0. The van der Waals surface area contributed by atoms with Crippen LogP contribution in [0.2, 0.25) is 0 Å². The van der Waals surface area contributed by atoms with Crippen LogP contribution in [0.1, 0.15) is 19.3 Å². The van der Waals surface area contributed by atoms with Crippen molar-refractivity contribution in [3.8, 4) is 0 Å². The Hall–Kier alpha value is -0.160. The molecule has 19 heavy (non-hydrogen) atoms. The van der Waals surface area contributed by atoms with E-state index in [0.29, 0.717) is 0 Å². The molecule has 0 spiro atoms. The zero-order chi connectivity index (χ0) is 13.5. The number of hydrogen-bond acceptors (Lipinski definition) is 4. The number of nitrogens with zero attached hydrogens (tertiary/aromatic N) is 3. The molecule has 0 aromatic rings. The zero-order valence-electron chi connectivity index (χ0n) is 12.9. The molecule has 2 fully saturated rings. The molecule has 4 nitrogen and oxygen atoms in total. The lowest BCUT2D eigenvalue weighted by molar-refractivity contribution is 0.178. The highest BCUT2D eigenvalue weighted by molar-refractivity contribution is 4.72. The summed E-state index contributed by atoms with van der Waals surface area (Å²) in [5.74, 6) is 0.970. The average Bonchev–Trinajstić information content (AvgIpc) is 2.45. The normalized spacial score (nSPS) is 24.2. The number of hydrogen-bond donors (Lipinski definition) is 1. The van der Waals surface area contributed by atoms with Gasteiger partial charge in [-0.2, -0.15) is 0 Å². The van der Waals surface area contributed by atoms with Crippen molar-refractivity contribution in [1.29, 1.82) is 0 Å². The van der Waals surface area contributed by atoms with Gasteiger partial charge in [-0.25, -0.2) is 0 Å². The van der Waals surface area contributed by atoms with Gasteiger partial charge in [-0.1, -0.05) is 0 Å². The summed E-state index contributed by atoms with van der Waals surface area (Å²) in [5.41, 5.74) is 0. The second-order valence-electron chi connectivity index (χ2n) is 6.43. The van der Waals surface area contributed by atoms with Gasteiger partial charge in [0.15, 0.2) is 0 Å². The van der Waals surface area contributed by atoms with E-state index in [9.17, 15) is 0 Å². The van der Waals surface area contributed by atoms with Gasteiger partial charge in [0.1, 0.15) is 0 Å². The molecule has 2 heterocycles. The lowest BCUT2D eigenvalue weighted by Crippen LogP contribution is -2.46. The molecule has 2 aliphatic rings. The predicted octanol–water partition coefficient (Wildman–Crippen LogP) is 0.555. The lowest BCUT2D eigenvalue weighted by Gasteiger charge is -2.31. The highest BCUT2D eigenvalue weighted by Gasteiger charge is 2.17. The summed E-state index contributed by atoms with van der Waals surface area (Å²) in [5, 5.41) is 3.41. The largest absolute Gasteiger partial charge is 0.314 e. The lowest BCUT2D eigenvalue weighted by atomic mass is 9.94. The summed E-state index contributed by atoms with van der Waals surface area (Å²) in [4.78, 5) is 7.58. The smallest absolute Gasteiger partial charge is 0.0110 e. The minimum absolute atomic E-state index is 0.970. The first-order valence-electron chi connectivity index (χ1n) is 8.04. The van der Waals surface area contributed by atoms with E-state index < -0.39 is 0 Å². The van der Waals surface area contributed by atoms with Crippen LogP contribution >= 0.6 is 0 Å². The first kappa shape index (κ1) is 15.2. The van der Waals surface area contributed by atoms with E-state index in [1.807, 2.05) is 0 Å². The van der Waals surface area contributed by atoms with Crippen molar-refractivity contribution in [2.45, 2.75) is 19.3 Å². The van der Waals surface area contributed by atoms with Crippen LogP contribution in [0.5, 0.6) is 0 Å². The molecule has 0 radical (unpaired) electrons.